The van der Waals surface area contributed by atoms with Gasteiger partial charge in [-0.25, -0.2) is 9.18 Å². The van der Waals surface area contributed by atoms with Gasteiger partial charge in [0.25, 0.3) is 0 Å². The summed E-state index contributed by atoms with van der Waals surface area (Å²) in [5.74, 6) is -1.59. The number of hydrogen-bond acceptors (Lipinski definition) is 3. The topological polar surface area (TPSA) is 75.6 Å². The number of aliphatic carboxylic acids is 1. The Kier molecular flexibility index (Phi) is 5.57. The van der Waals surface area contributed by atoms with Crippen molar-refractivity contribution in [3.63, 3.8) is 0 Å². The Balaban J connectivity index is 2.76. The first-order valence-corrected chi connectivity index (χ1v) is 5.76. The first-order valence-electron chi connectivity index (χ1n) is 5.38. The lowest BCUT2D eigenvalue weighted by molar-refractivity contribution is -0.142. The van der Waals surface area contributed by atoms with E-state index >= 15 is 0 Å². The number of carboxylic acid groups (broad SMARTS) is 1. The van der Waals surface area contributed by atoms with E-state index in [1.54, 1.807) is 12.1 Å². The van der Waals surface area contributed by atoms with Crippen molar-refractivity contribution < 1.29 is 23.8 Å². The number of carbonyl (C=O) groups is 2. The highest BCUT2D eigenvalue weighted by molar-refractivity contribution is 6.30. The third kappa shape index (κ3) is 4.40. The van der Waals surface area contributed by atoms with Gasteiger partial charge < -0.3 is 15.2 Å². The molecule has 0 saturated heterocycles. The molecule has 1 amide bonds. The molecule has 0 heterocycles. The van der Waals surface area contributed by atoms with Gasteiger partial charge in [-0.15, -0.1) is 0 Å². The zero-order valence-corrected chi connectivity index (χ0v) is 10.9. The summed E-state index contributed by atoms with van der Waals surface area (Å²) in [6, 6.07) is 3.18. The number of amides is 1. The molecular formula is C12H13ClFNO4. The van der Waals surface area contributed by atoms with E-state index < -0.39 is 24.6 Å². The first-order chi connectivity index (χ1) is 8.97. The molecule has 0 radical (unpaired) electrons. The Hall–Kier alpha value is -1.82. The van der Waals surface area contributed by atoms with Crippen LogP contribution in [0.2, 0.25) is 5.02 Å². The zero-order chi connectivity index (χ0) is 14.4. The highest BCUT2D eigenvalue weighted by Crippen LogP contribution is 2.22. The van der Waals surface area contributed by atoms with Gasteiger partial charge in [-0.1, -0.05) is 11.6 Å². The highest BCUT2D eigenvalue weighted by Gasteiger charge is 2.20. The number of alkyl halides is 1. The molecule has 19 heavy (non-hydrogen) atoms. The van der Waals surface area contributed by atoms with Crippen molar-refractivity contribution in [3.05, 3.63) is 28.8 Å². The largest absolute Gasteiger partial charge is 0.496 e. The summed E-state index contributed by atoms with van der Waals surface area (Å²) >= 11 is 5.80. The molecule has 1 aromatic carbocycles. The summed E-state index contributed by atoms with van der Waals surface area (Å²) in [4.78, 5) is 22.2. The van der Waals surface area contributed by atoms with Crippen LogP contribution in [0.4, 0.5) is 4.39 Å². The van der Waals surface area contributed by atoms with Crippen LogP contribution in [0, 0.1) is 0 Å². The van der Waals surface area contributed by atoms with Crippen molar-refractivity contribution in [2.75, 3.05) is 13.8 Å². The van der Waals surface area contributed by atoms with Gasteiger partial charge >= 0.3 is 5.97 Å². The normalized spacial score (nSPS) is 11.7. The fourth-order valence-electron chi connectivity index (χ4n) is 1.47. The number of rotatable bonds is 6. The molecule has 104 valence electrons. The lowest BCUT2D eigenvalue weighted by Gasteiger charge is -2.12. The quantitative estimate of drug-likeness (QED) is 0.831. The average molecular weight is 290 g/mol. The van der Waals surface area contributed by atoms with E-state index in [-0.39, 0.29) is 6.42 Å². The summed E-state index contributed by atoms with van der Waals surface area (Å²) in [7, 11) is 1.44. The van der Waals surface area contributed by atoms with E-state index in [0.29, 0.717) is 16.3 Å². The predicted molar refractivity (Wildman–Crippen MR) is 67.2 cm³/mol. The zero-order valence-electron chi connectivity index (χ0n) is 10.2. The predicted octanol–water partition coefficient (Wildman–Crippen LogP) is 1.43. The first kappa shape index (κ1) is 15.2. The number of carbonyl (C=O) groups excluding carboxylic acids is 1. The molecule has 0 saturated carbocycles. The van der Waals surface area contributed by atoms with Crippen molar-refractivity contribution in [2.45, 2.75) is 12.5 Å². The van der Waals surface area contributed by atoms with Gasteiger partial charge in [0.2, 0.25) is 5.91 Å². The fourth-order valence-corrected chi connectivity index (χ4v) is 1.66. The van der Waals surface area contributed by atoms with E-state index in [1.807, 2.05) is 0 Å². The second kappa shape index (κ2) is 6.94. The fraction of sp³-hybridized carbons (Fsp3) is 0.333. The standard InChI is InChI=1S/C12H13ClFNO4/c1-19-10-3-2-8(13)4-7(10)5-11(16)15-9(6-14)12(17)18/h2-4,9H,5-6H2,1H3,(H,15,16)(H,17,18). The third-order valence-electron chi connectivity index (χ3n) is 2.38. The summed E-state index contributed by atoms with van der Waals surface area (Å²) in [6.07, 6.45) is -0.145. The third-order valence-corrected chi connectivity index (χ3v) is 2.62. The molecule has 0 aliphatic carbocycles. The van der Waals surface area contributed by atoms with Crippen LogP contribution in [0.3, 0.4) is 0 Å². The summed E-state index contributed by atoms with van der Waals surface area (Å²) in [6.45, 7) is -1.17. The van der Waals surface area contributed by atoms with Gasteiger partial charge in [-0.2, -0.15) is 0 Å². The molecule has 1 rings (SSSR count). The molecule has 0 aliphatic heterocycles. The van der Waals surface area contributed by atoms with Crippen molar-refractivity contribution in [1.29, 1.82) is 0 Å². The molecule has 0 aromatic heterocycles. The lowest BCUT2D eigenvalue weighted by atomic mass is 10.1. The van der Waals surface area contributed by atoms with E-state index in [1.165, 1.54) is 13.2 Å². The van der Waals surface area contributed by atoms with E-state index in [4.69, 9.17) is 21.4 Å². The van der Waals surface area contributed by atoms with Gasteiger partial charge in [0.05, 0.1) is 13.5 Å². The summed E-state index contributed by atoms with van der Waals surface area (Å²) < 4.78 is 17.4. The Bertz CT molecular complexity index is 481. The van der Waals surface area contributed by atoms with E-state index in [0.717, 1.165) is 0 Å². The maximum absolute atomic E-state index is 12.4. The Morgan fingerprint density at radius 1 is 1.53 bits per heavy atom. The second-order valence-electron chi connectivity index (χ2n) is 3.75. The van der Waals surface area contributed by atoms with Crippen LogP contribution in [-0.4, -0.2) is 36.8 Å². The number of methoxy groups -OCH3 is 1. The van der Waals surface area contributed by atoms with Gasteiger partial charge in [0, 0.05) is 10.6 Å². The maximum atomic E-state index is 12.4. The molecule has 7 heteroatoms. The smallest absolute Gasteiger partial charge is 0.328 e. The minimum absolute atomic E-state index is 0.145. The maximum Gasteiger partial charge on any atom is 0.328 e. The van der Waals surface area contributed by atoms with Crippen LogP contribution in [0.25, 0.3) is 0 Å². The van der Waals surface area contributed by atoms with Crippen molar-refractivity contribution in [1.82, 2.24) is 5.32 Å². The molecule has 0 fully saturated rings. The van der Waals surface area contributed by atoms with Crippen LogP contribution in [0.1, 0.15) is 5.56 Å². The molecule has 2 N–H and O–H groups in total. The number of carboxylic acids is 1. The number of benzene rings is 1. The number of nitrogens with one attached hydrogen (secondary N) is 1. The van der Waals surface area contributed by atoms with Crippen LogP contribution in [0.5, 0.6) is 5.75 Å². The second-order valence-corrected chi connectivity index (χ2v) is 4.18. The molecular weight excluding hydrogens is 277 g/mol. The Morgan fingerprint density at radius 3 is 2.74 bits per heavy atom. The van der Waals surface area contributed by atoms with Crippen LogP contribution in [-0.2, 0) is 16.0 Å². The van der Waals surface area contributed by atoms with Gasteiger partial charge in [0.1, 0.15) is 12.4 Å². The molecule has 1 atom stereocenters. The van der Waals surface area contributed by atoms with Crippen LogP contribution < -0.4 is 10.1 Å². The molecule has 5 nitrogen and oxygen atoms in total. The van der Waals surface area contributed by atoms with E-state index in [2.05, 4.69) is 5.32 Å². The Morgan fingerprint density at radius 2 is 2.21 bits per heavy atom. The average Bonchev–Trinajstić information content (AvgIpc) is 2.35. The van der Waals surface area contributed by atoms with Crippen molar-refractivity contribution in [2.24, 2.45) is 0 Å². The molecule has 0 bridgehead atoms. The highest BCUT2D eigenvalue weighted by atomic mass is 35.5. The molecule has 0 aliphatic rings. The van der Waals surface area contributed by atoms with E-state index in [9.17, 15) is 14.0 Å². The lowest BCUT2D eigenvalue weighted by Crippen LogP contribution is -2.43. The summed E-state index contributed by atoms with van der Waals surface area (Å²) in [5.41, 5.74) is 0.496. The van der Waals surface area contributed by atoms with Gasteiger partial charge in [-0.05, 0) is 18.2 Å². The van der Waals surface area contributed by atoms with Gasteiger partial charge in [0.15, 0.2) is 6.04 Å². The molecule has 0 spiro atoms. The van der Waals surface area contributed by atoms with Crippen molar-refractivity contribution >= 4 is 23.5 Å². The SMILES string of the molecule is COc1ccc(Cl)cc1CC(=O)NC(CF)C(=O)O. The molecule has 1 unspecified atom stereocenters. The molecule has 1 aromatic rings. The minimum Gasteiger partial charge on any atom is -0.496 e. The Labute approximate surface area is 114 Å². The number of ether oxygens (including phenoxy) is 1. The number of hydrogen-bond donors (Lipinski definition) is 2. The minimum atomic E-state index is -1.54. The van der Waals surface area contributed by atoms with Crippen LogP contribution >= 0.6 is 11.6 Å². The van der Waals surface area contributed by atoms with Gasteiger partial charge in [-0.3, -0.25) is 4.79 Å². The monoisotopic (exact) mass is 289 g/mol. The summed E-state index contributed by atoms with van der Waals surface area (Å²) in [5, 5.41) is 11.1. The van der Waals surface area contributed by atoms with Crippen LogP contribution in [0.15, 0.2) is 18.2 Å². The van der Waals surface area contributed by atoms with Crippen molar-refractivity contribution in [3.8, 4) is 5.75 Å². The number of halogens is 2.